The Morgan fingerprint density at radius 1 is 1.26 bits per heavy atom. The van der Waals surface area contributed by atoms with Crippen molar-refractivity contribution in [3.8, 4) is 5.75 Å². The number of aromatic nitrogens is 1. The molecule has 2 rings (SSSR count). The number of pyridine rings is 1. The van der Waals surface area contributed by atoms with Crippen LogP contribution in [0.25, 0.3) is 0 Å². The predicted molar refractivity (Wildman–Crippen MR) is 101 cm³/mol. The Balaban J connectivity index is 0.00000176. The molecule has 146 valence electrons. The number of hydrogen-bond acceptors (Lipinski definition) is 5. The van der Waals surface area contributed by atoms with Gasteiger partial charge in [-0.15, -0.1) is 0 Å². The summed E-state index contributed by atoms with van der Waals surface area (Å²) in [5, 5.41) is 19.9. The number of carboxylic acids is 1. The van der Waals surface area contributed by atoms with Crippen molar-refractivity contribution in [3.05, 3.63) is 47.7 Å². The molecule has 0 aliphatic carbocycles. The monoisotopic (exact) mass is 379 g/mol. The molecular weight excluding hydrogens is 356 g/mol. The maximum Gasteiger partial charge on any atom is 0.397 e. The lowest BCUT2D eigenvalue weighted by Crippen LogP contribution is -2.22. The second-order valence-electron chi connectivity index (χ2n) is 5.25. The van der Waals surface area contributed by atoms with Crippen LogP contribution in [-0.4, -0.2) is 27.9 Å². The number of aromatic carboxylic acids is 1. The van der Waals surface area contributed by atoms with Gasteiger partial charge in [-0.1, -0.05) is 20.8 Å². The molecule has 0 aliphatic heterocycles. The topological polar surface area (TPSA) is 95.3 Å². The molecule has 8 heteroatoms. The summed E-state index contributed by atoms with van der Waals surface area (Å²) in [5.74, 6) is -0.967. The summed E-state index contributed by atoms with van der Waals surface area (Å²) in [6, 6.07) is 7.04. The average molecular weight is 379 g/mol. The highest BCUT2D eigenvalue weighted by molar-refractivity contribution is 6.09. The maximum absolute atomic E-state index is 13.2. The Bertz CT molecular complexity index is 793. The van der Waals surface area contributed by atoms with Crippen LogP contribution in [-0.2, 0) is 0 Å². The third-order valence-corrected chi connectivity index (χ3v) is 3.35. The van der Waals surface area contributed by atoms with E-state index in [9.17, 15) is 18.7 Å². The third-order valence-electron chi connectivity index (χ3n) is 3.35. The molecule has 0 unspecified atom stereocenters. The smallest absolute Gasteiger partial charge is 0.397 e. The molecule has 0 amide bonds. The molecule has 3 N–H and O–H groups in total. The Morgan fingerprint density at radius 3 is 2.33 bits per heavy atom. The molecule has 1 aromatic heterocycles. The van der Waals surface area contributed by atoms with Crippen LogP contribution < -0.4 is 10.1 Å². The van der Waals surface area contributed by atoms with Crippen LogP contribution in [0.15, 0.2) is 36.5 Å². The van der Waals surface area contributed by atoms with Gasteiger partial charge in [-0.2, -0.15) is 8.78 Å². The first-order valence-corrected chi connectivity index (χ1v) is 8.45. The fourth-order valence-corrected chi connectivity index (χ4v) is 2.10. The van der Waals surface area contributed by atoms with Gasteiger partial charge in [0.25, 0.3) is 0 Å². The highest BCUT2D eigenvalue weighted by Gasteiger charge is 2.28. The molecule has 6 nitrogen and oxygen atoms in total. The van der Waals surface area contributed by atoms with Crippen LogP contribution in [0.1, 0.15) is 50.0 Å². The van der Waals surface area contributed by atoms with E-state index in [1.165, 1.54) is 50.4 Å². The number of halogens is 2. The van der Waals surface area contributed by atoms with E-state index in [0.717, 1.165) is 0 Å². The Kier molecular flexibility index (Phi) is 7.83. The SMILES string of the molecule is CC.CCC(F)(F)Oc1ccc(Nc2nccc(C(=O)O)c2C(C)=N)cc1. The zero-order valence-electron chi connectivity index (χ0n) is 15.6. The minimum atomic E-state index is -3.24. The van der Waals surface area contributed by atoms with Gasteiger partial charge in [-0.3, -0.25) is 0 Å². The standard InChI is InChI=1S/C17H17F2N3O3.C2H6/c1-3-17(18,19)25-12-6-4-11(5-7-12)22-15-14(10(2)20)13(16(23)24)8-9-21-15;1-2/h4-9,20H,3H2,1-2H3,(H,21,22)(H,23,24);1-2H3. The molecule has 0 aliphatic rings. The summed E-state index contributed by atoms with van der Waals surface area (Å²) in [6.45, 7) is 6.77. The summed E-state index contributed by atoms with van der Waals surface area (Å²) in [7, 11) is 0. The number of ether oxygens (including phenoxy) is 1. The van der Waals surface area contributed by atoms with Crippen LogP contribution in [0.2, 0.25) is 0 Å². The van der Waals surface area contributed by atoms with Crippen LogP contribution in [0.3, 0.4) is 0 Å². The van der Waals surface area contributed by atoms with E-state index in [1.807, 2.05) is 13.8 Å². The molecule has 0 spiro atoms. The van der Waals surface area contributed by atoms with E-state index in [1.54, 1.807) is 0 Å². The predicted octanol–water partition coefficient (Wildman–Crippen LogP) is 5.32. The number of nitrogens with zero attached hydrogens (tertiary/aromatic N) is 1. The fraction of sp³-hybridized carbons (Fsp3) is 0.316. The summed E-state index contributed by atoms with van der Waals surface area (Å²) < 4.78 is 31.0. The summed E-state index contributed by atoms with van der Waals surface area (Å²) >= 11 is 0. The largest absolute Gasteiger partial charge is 0.478 e. The van der Waals surface area contributed by atoms with Gasteiger partial charge in [0.1, 0.15) is 11.6 Å². The highest BCUT2D eigenvalue weighted by atomic mass is 19.3. The molecule has 27 heavy (non-hydrogen) atoms. The number of carboxylic acid groups (broad SMARTS) is 1. The first-order chi connectivity index (χ1) is 12.7. The minimum absolute atomic E-state index is 0.00750. The normalized spacial score (nSPS) is 10.4. The van der Waals surface area contributed by atoms with Gasteiger partial charge in [-0.25, -0.2) is 9.78 Å². The van der Waals surface area contributed by atoms with E-state index in [4.69, 9.17) is 5.41 Å². The van der Waals surface area contributed by atoms with Gasteiger partial charge < -0.3 is 20.6 Å². The van der Waals surface area contributed by atoms with E-state index < -0.39 is 18.5 Å². The van der Waals surface area contributed by atoms with Gasteiger partial charge in [0.2, 0.25) is 0 Å². The maximum atomic E-state index is 13.2. The van der Waals surface area contributed by atoms with Gasteiger partial charge in [0, 0.05) is 24.0 Å². The first-order valence-electron chi connectivity index (χ1n) is 8.45. The van der Waals surface area contributed by atoms with Crippen LogP contribution in [0.5, 0.6) is 5.75 Å². The minimum Gasteiger partial charge on any atom is -0.478 e. The summed E-state index contributed by atoms with van der Waals surface area (Å²) in [6.07, 6.45) is -2.37. The molecule has 2 aromatic rings. The van der Waals surface area contributed by atoms with Crippen molar-refractivity contribution in [2.75, 3.05) is 5.32 Å². The molecule has 0 saturated heterocycles. The van der Waals surface area contributed by atoms with Crippen molar-refractivity contribution in [2.24, 2.45) is 0 Å². The van der Waals surface area contributed by atoms with Crippen molar-refractivity contribution >= 4 is 23.2 Å². The third kappa shape index (κ3) is 6.02. The van der Waals surface area contributed by atoms with Crippen molar-refractivity contribution in [1.29, 1.82) is 5.41 Å². The van der Waals surface area contributed by atoms with Gasteiger partial charge in [0.15, 0.2) is 0 Å². The summed E-state index contributed by atoms with van der Waals surface area (Å²) in [5.41, 5.74) is 0.639. The van der Waals surface area contributed by atoms with Crippen molar-refractivity contribution in [1.82, 2.24) is 4.98 Å². The molecule has 1 aromatic carbocycles. The van der Waals surface area contributed by atoms with Crippen molar-refractivity contribution in [2.45, 2.75) is 40.2 Å². The van der Waals surface area contributed by atoms with Gasteiger partial charge in [0.05, 0.1) is 11.1 Å². The Morgan fingerprint density at radius 2 is 1.85 bits per heavy atom. The van der Waals surface area contributed by atoms with Crippen LogP contribution >= 0.6 is 0 Å². The lowest BCUT2D eigenvalue weighted by atomic mass is 10.1. The van der Waals surface area contributed by atoms with E-state index in [-0.39, 0.29) is 28.4 Å². The molecule has 1 heterocycles. The number of nitrogens with one attached hydrogen (secondary N) is 2. The quantitative estimate of drug-likeness (QED) is 0.566. The van der Waals surface area contributed by atoms with Crippen molar-refractivity contribution in [3.63, 3.8) is 0 Å². The first kappa shape index (κ1) is 22.0. The number of alkyl halides is 2. The average Bonchev–Trinajstić information content (AvgIpc) is 2.64. The molecule has 0 saturated carbocycles. The molecule has 0 atom stereocenters. The van der Waals surface area contributed by atoms with E-state index in [2.05, 4.69) is 15.0 Å². The van der Waals surface area contributed by atoms with Crippen LogP contribution in [0, 0.1) is 5.41 Å². The number of benzene rings is 1. The van der Waals surface area contributed by atoms with Gasteiger partial charge in [-0.05, 0) is 37.3 Å². The Hall–Kier alpha value is -3.03. The Labute approximate surface area is 156 Å². The molecular formula is C19H23F2N3O3. The second-order valence-corrected chi connectivity index (χ2v) is 5.25. The van der Waals surface area contributed by atoms with Crippen LogP contribution in [0.4, 0.5) is 20.3 Å². The number of carbonyl (C=O) groups is 1. The lowest BCUT2D eigenvalue weighted by Gasteiger charge is -2.16. The molecule has 0 fully saturated rings. The van der Waals surface area contributed by atoms with E-state index in [0.29, 0.717) is 5.69 Å². The molecule has 0 radical (unpaired) electrons. The fourth-order valence-electron chi connectivity index (χ4n) is 2.10. The highest BCUT2D eigenvalue weighted by Crippen LogP contribution is 2.27. The second kappa shape index (κ2) is 9.61. The molecule has 0 bridgehead atoms. The van der Waals surface area contributed by atoms with Crippen molar-refractivity contribution < 1.29 is 23.4 Å². The zero-order chi connectivity index (χ0) is 20.6. The number of anilines is 2. The summed E-state index contributed by atoms with van der Waals surface area (Å²) in [4.78, 5) is 15.4. The zero-order valence-corrected chi connectivity index (χ0v) is 15.6. The number of rotatable bonds is 7. The number of hydrogen-bond donors (Lipinski definition) is 3. The van der Waals surface area contributed by atoms with E-state index >= 15 is 0 Å². The van der Waals surface area contributed by atoms with Gasteiger partial charge >= 0.3 is 12.1 Å². The lowest BCUT2D eigenvalue weighted by molar-refractivity contribution is -0.177.